The molecule has 1 aromatic carbocycles. The zero-order valence-corrected chi connectivity index (χ0v) is 6.52. The number of nitrogens with zero attached hydrogens (tertiary/aromatic N) is 1. The molecule has 0 bridgehead atoms. The molecule has 0 atom stereocenters. The van der Waals surface area contributed by atoms with E-state index < -0.39 is 5.97 Å². The second kappa shape index (κ2) is 2.48. The molecule has 0 aliphatic rings. The predicted molar refractivity (Wildman–Crippen MR) is 45.4 cm³/mol. The number of hydrogen-bond acceptors (Lipinski definition) is 4. The lowest BCUT2D eigenvalue weighted by molar-refractivity contribution is 0.0688. The van der Waals surface area contributed by atoms with Crippen LogP contribution in [0.4, 0.5) is 5.69 Å². The Hall–Kier alpha value is -2.04. The molecule has 5 nitrogen and oxygen atoms in total. The lowest BCUT2D eigenvalue weighted by Gasteiger charge is -1.92. The maximum atomic E-state index is 10.7. The molecule has 13 heavy (non-hydrogen) atoms. The van der Waals surface area contributed by atoms with Crippen molar-refractivity contribution < 1.29 is 14.4 Å². The Labute approximate surface area is 72.7 Å². The summed E-state index contributed by atoms with van der Waals surface area (Å²) in [6, 6.07) is 4.89. The molecule has 1 aromatic heterocycles. The van der Waals surface area contributed by atoms with Gasteiger partial charge in [-0.25, -0.2) is 4.79 Å². The lowest BCUT2D eigenvalue weighted by Crippen LogP contribution is -1.98. The maximum Gasteiger partial charge on any atom is 0.358 e. The number of carbonyl (C=O) groups is 1. The summed E-state index contributed by atoms with van der Waals surface area (Å²) in [5.41, 5.74) is 6.17. The van der Waals surface area contributed by atoms with Gasteiger partial charge in [0.05, 0.1) is 5.39 Å². The number of benzene rings is 1. The van der Waals surface area contributed by atoms with Gasteiger partial charge < -0.3 is 15.4 Å². The zero-order valence-electron chi connectivity index (χ0n) is 6.52. The molecule has 0 aliphatic carbocycles. The van der Waals surface area contributed by atoms with Crippen LogP contribution >= 0.6 is 0 Å². The third-order valence-corrected chi connectivity index (χ3v) is 1.73. The van der Waals surface area contributed by atoms with Gasteiger partial charge in [0.1, 0.15) is 0 Å². The third-order valence-electron chi connectivity index (χ3n) is 1.73. The number of nitrogens with two attached hydrogens (primary N) is 1. The fraction of sp³-hybridized carbons (Fsp3) is 0. The Morgan fingerprint density at radius 2 is 2.31 bits per heavy atom. The number of hydrogen-bond donors (Lipinski definition) is 2. The van der Waals surface area contributed by atoms with E-state index in [1.54, 1.807) is 18.2 Å². The summed E-state index contributed by atoms with van der Waals surface area (Å²) in [5, 5.41) is 12.5. The Morgan fingerprint density at radius 1 is 1.54 bits per heavy atom. The largest absolute Gasteiger partial charge is 0.476 e. The van der Waals surface area contributed by atoms with Gasteiger partial charge in [-0.15, -0.1) is 0 Å². The number of carboxylic acids is 1. The molecule has 1 heterocycles. The van der Waals surface area contributed by atoms with E-state index >= 15 is 0 Å². The smallest absolute Gasteiger partial charge is 0.358 e. The van der Waals surface area contributed by atoms with E-state index in [9.17, 15) is 4.79 Å². The van der Waals surface area contributed by atoms with E-state index in [2.05, 4.69) is 5.16 Å². The normalized spacial score (nSPS) is 10.5. The van der Waals surface area contributed by atoms with E-state index in [4.69, 9.17) is 15.4 Å². The van der Waals surface area contributed by atoms with E-state index in [1.807, 2.05) is 0 Å². The number of nitrogen functional groups attached to an aromatic ring is 1. The van der Waals surface area contributed by atoms with Crippen molar-refractivity contribution in [1.82, 2.24) is 5.16 Å². The first-order valence-corrected chi connectivity index (χ1v) is 3.57. The van der Waals surface area contributed by atoms with E-state index in [0.717, 1.165) is 0 Å². The monoisotopic (exact) mass is 178 g/mol. The van der Waals surface area contributed by atoms with Gasteiger partial charge in [0.2, 0.25) is 5.69 Å². The molecule has 0 amide bonds. The molecule has 0 unspecified atom stereocenters. The van der Waals surface area contributed by atoms with Crippen LogP contribution in [0.5, 0.6) is 0 Å². The first-order valence-electron chi connectivity index (χ1n) is 3.57. The highest BCUT2D eigenvalue weighted by Crippen LogP contribution is 2.24. The van der Waals surface area contributed by atoms with Gasteiger partial charge in [0.15, 0.2) is 5.58 Å². The van der Waals surface area contributed by atoms with Crippen LogP contribution in [-0.4, -0.2) is 16.2 Å². The van der Waals surface area contributed by atoms with Crippen molar-refractivity contribution in [3.8, 4) is 0 Å². The van der Waals surface area contributed by atoms with Crippen LogP contribution in [0.2, 0.25) is 0 Å². The average molecular weight is 178 g/mol. The number of aromatic nitrogens is 1. The fourth-order valence-electron chi connectivity index (χ4n) is 1.16. The summed E-state index contributed by atoms with van der Waals surface area (Å²) in [4.78, 5) is 10.7. The third kappa shape index (κ3) is 1.01. The summed E-state index contributed by atoms with van der Waals surface area (Å²) in [7, 11) is 0. The molecule has 0 saturated heterocycles. The van der Waals surface area contributed by atoms with Crippen molar-refractivity contribution in [2.24, 2.45) is 0 Å². The van der Waals surface area contributed by atoms with Crippen molar-refractivity contribution in [1.29, 1.82) is 0 Å². The predicted octanol–water partition coefficient (Wildman–Crippen LogP) is 1.11. The SMILES string of the molecule is Nc1cccc2onc(C(=O)O)c12. The van der Waals surface area contributed by atoms with Crippen LogP contribution in [0.25, 0.3) is 11.0 Å². The van der Waals surface area contributed by atoms with Crippen LogP contribution in [0, 0.1) is 0 Å². The molecule has 0 aliphatic heterocycles. The van der Waals surface area contributed by atoms with Crippen LogP contribution in [0.15, 0.2) is 22.7 Å². The van der Waals surface area contributed by atoms with Gasteiger partial charge in [0, 0.05) is 5.69 Å². The van der Waals surface area contributed by atoms with Crippen LogP contribution in [0.3, 0.4) is 0 Å². The van der Waals surface area contributed by atoms with Crippen LogP contribution in [0.1, 0.15) is 10.5 Å². The maximum absolute atomic E-state index is 10.7. The number of aromatic carboxylic acids is 1. The lowest BCUT2D eigenvalue weighted by atomic mass is 10.2. The highest BCUT2D eigenvalue weighted by Gasteiger charge is 2.16. The molecule has 66 valence electrons. The van der Waals surface area contributed by atoms with Crippen molar-refractivity contribution in [2.45, 2.75) is 0 Å². The second-order valence-corrected chi connectivity index (χ2v) is 2.56. The Balaban J connectivity index is 2.86. The Bertz CT molecular complexity index is 475. The van der Waals surface area contributed by atoms with Gasteiger partial charge in [-0.1, -0.05) is 11.2 Å². The molecule has 2 aromatic rings. The minimum atomic E-state index is -1.14. The average Bonchev–Trinajstić information content (AvgIpc) is 2.49. The summed E-state index contributed by atoms with van der Waals surface area (Å²) in [6.07, 6.45) is 0. The molecule has 0 fully saturated rings. The molecule has 5 heteroatoms. The molecule has 0 saturated carbocycles. The molecular formula is C8H6N2O3. The van der Waals surface area contributed by atoms with E-state index in [0.29, 0.717) is 16.7 Å². The van der Waals surface area contributed by atoms with Gasteiger partial charge in [0.25, 0.3) is 0 Å². The van der Waals surface area contributed by atoms with Gasteiger partial charge in [-0.2, -0.15) is 0 Å². The highest BCUT2D eigenvalue weighted by atomic mass is 16.5. The first kappa shape index (κ1) is 7.60. The standard InChI is InChI=1S/C8H6N2O3/c9-4-2-1-3-5-6(4)7(8(11)12)10-13-5/h1-3H,9H2,(H,11,12). The van der Waals surface area contributed by atoms with Crippen molar-refractivity contribution in [2.75, 3.05) is 5.73 Å². The van der Waals surface area contributed by atoms with Gasteiger partial charge >= 0.3 is 5.97 Å². The van der Waals surface area contributed by atoms with Crippen LogP contribution in [-0.2, 0) is 0 Å². The number of rotatable bonds is 1. The highest BCUT2D eigenvalue weighted by molar-refractivity contribution is 6.05. The minimum Gasteiger partial charge on any atom is -0.476 e. The van der Waals surface area contributed by atoms with Crippen LogP contribution < -0.4 is 5.73 Å². The number of anilines is 1. The summed E-state index contributed by atoms with van der Waals surface area (Å²) in [6.45, 7) is 0. The fourth-order valence-corrected chi connectivity index (χ4v) is 1.16. The Morgan fingerprint density at radius 3 is 3.00 bits per heavy atom. The molecule has 0 radical (unpaired) electrons. The van der Waals surface area contributed by atoms with Gasteiger partial charge in [-0.3, -0.25) is 0 Å². The molecular weight excluding hydrogens is 172 g/mol. The molecule has 3 N–H and O–H groups in total. The summed E-state index contributed by atoms with van der Waals surface area (Å²) >= 11 is 0. The number of carboxylic acid groups (broad SMARTS) is 1. The summed E-state index contributed by atoms with van der Waals surface area (Å²) < 4.78 is 4.78. The second-order valence-electron chi connectivity index (χ2n) is 2.56. The zero-order chi connectivity index (χ0) is 9.42. The topological polar surface area (TPSA) is 89.4 Å². The van der Waals surface area contributed by atoms with Crippen molar-refractivity contribution in [3.05, 3.63) is 23.9 Å². The van der Waals surface area contributed by atoms with E-state index in [1.165, 1.54) is 0 Å². The number of fused-ring (bicyclic) bond motifs is 1. The Kier molecular flexibility index (Phi) is 1.45. The van der Waals surface area contributed by atoms with E-state index in [-0.39, 0.29) is 5.69 Å². The summed E-state index contributed by atoms with van der Waals surface area (Å²) in [5.74, 6) is -1.14. The quantitative estimate of drug-likeness (QED) is 0.638. The molecule has 2 rings (SSSR count). The van der Waals surface area contributed by atoms with Gasteiger partial charge in [-0.05, 0) is 12.1 Å². The van der Waals surface area contributed by atoms with Crippen molar-refractivity contribution in [3.63, 3.8) is 0 Å². The first-order chi connectivity index (χ1) is 6.20. The molecule has 0 spiro atoms. The van der Waals surface area contributed by atoms with Crippen molar-refractivity contribution >= 4 is 22.6 Å². The minimum absolute atomic E-state index is 0.145.